The van der Waals surface area contributed by atoms with Crippen molar-refractivity contribution in [3.63, 3.8) is 0 Å². The summed E-state index contributed by atoms with van der Waals surface area (Å²) in [5, 5.41) is 0. The topological polar surface area (TPSA) is 80.5 Å². The van der Waals surface area contributed by atoms with E-state index in [0.29, 0.717) is 11.1 Å². The number of amides is 2. The van der Waals surface area contributed by atoms with Gasteiger partial charge in [-0.25, -0.2) is 0 Å². The predicted octanol–water partition coefficient (Wildman–Crippen LogP) is -0.267. The Morgan fingerprint density at radius 3 is 2.00 bits per heavy atom. The lowest BCUT2D eigenvalue weighted by Gasteiger charge is -2.13. The molecule has 0 aromatic heterocycles. The van der Waals surface area contributed by atoms with Gasteiger partial charge in [-0.1, -0.05) is 6.58 Å². The van der Waals surface area contributed by atoms with E-state index >= 15 is 0 Å². The normalized spacial score (nSPS) is 16.3. The van der Waals surface area contributed by atoms with Crippen LogP contribution < -0.4 is 5.73 Å². The van der Waals surface area contributed by atoms with Crippen LogP contribution in [0.4, 0.5) is 0 Å². The van der Waals surface area contributed by atoms with Crippen LogP contribution in [-0.2, 0) is 14.4 Å². The Hall–Kier alpha value is -1.91. The Morgan fingerprint density at radius 2 is 1.67 bits per heavy atom. The van der Waals surface area contributed by atoms with Crippen LogP contribution in [0.5, 0.6) is 0 Å². The fourth-order valence-electron chi connectivity index (χ4n) is 1.21. The highest BCUT2D eigenvalue weighted by Crippen LogP contribution is 2.19. The van der Waals surface area contributed by atoms with Crippen LogP contribution in [0.25, 0.3) is 0 Å². The molecule has 0 aromatic carbocycles. The highest BCUT2D eigenvalue weighted by atomic mass is 16.2. The summed E-state index contributed by atoms with van der Waals surface area (Å²) >= 11 is 0. The quantitative estimate of drug-likeness (QED) is 0.511. The van der Waals surface area contributed by atoms with Crippen LogP contribution in [0.15, 0.2) is 23.4 Å². The first kappa shape index (κ1) is 11.2. The van der Waals surface area contributed by atoms with Crippen molar-refractivity contribution in [3.05, 3.63) is 23.4 Å². The van der Waals surface area contributed by atoms with Gasteiger partial charge < -0.3 is 5.73 Å². The smallest absolute Gasteiger partial charge is 0.257 e. The molecule has 0 bridgehead atoms. The number of Topliss-reactive ketones (excluding diaryl/α,β-unsaturated/α-hetero) is 1. The molecule has 1 aliphatic heterocycles. The van der Waals surface area contributed by atoms with Crippen molar-refractivity contribution in [2.24, 2.45) is 5.73 Å². The highest BCUT2D eigenvalue weighted by Gasteiger charge is 2.34. The lowest BCUT2D eigenvalue weighted by atomic mass is 10.2. The van der Waals surface area contributed by atoms with Crippen LogP contribution in [0, 0.1) is 0 Å². The summed E-state index contributed by atoms with van der Waals surface area (Å²) in [5.74, 6) is -1.39. The first-order valence-corrected chi connectivity index (χ1v) is 4.37. The molecule has 0 aliphatic carbocycles. The maximum absolute atomic E-state index is 11.5. The Balaban J connectivity index is 2.85. The van der Waals surface area contributed by atoms with Gasteiger partial charge in [-0.05, 0) is 13.8 Å². The fourth-order valence-corrected chi connectivity index (χ4v) is 1.21. The van der Waals surface area contributed by atoms with Crippen molar-refractivity contribution in [2.45, 2.75) is 13.8 Å². The molecular formula is C10H12N2O3. The van der Waals surface area contributed by atoms with Crippen molar-refractivity contribution in [2.75, 3.05) is 6.54 Å². The summed E-state index contributed by atoms with van der Waals surface area (Å²) in [6, 6.07) is 0. The summed E-state index contributed by atoms with van der Waals surface area (Å²) in [4.78, 5) is 35.1. The van der Waals surface area contributed by atoms with Crippen molar-refractivity contribution in [3.8, 4) is 0 Å². The fraction of sp³-hybridized carbons (Fsp3) is 0.300. The monoisotopic (exact) mass is 208 g/mol. The molecule has 1 aliphatic rings. The number of hydrogen-bond donors (Lipinski definition) is 1. The van der Waals surface area contributed by atoms with E-state index in [9.17, 15) is 14.4 Å². The van der Waals surface area contributed by atoms with E-state index in [-0.39, 0.29) is 12.2 Å². The molecule has 2 N–H and O–H groups in total. The molecule has 0 atom stereocenters. The largest absolute Gasteiger partial charge is 0.396 e. The number of carbonyl (C=O) groups excluding carboxylic acids is 3. The van der Waals surface area contributed by atoms with Crippen molar-refractivity contribution >= 4 is 17.6 Å². The summed E-state index contributed by atoms with van der Waals surface area (Å²) in [5.41, 5.74) is 5.75. The molecule has 0 radical (unpaired) electrons. The van der Waals surface area contributed by atoms with Crippen LogP contribution in [0.2, 0.25) is 0 Å². The average Bonchev–Trinajstić information content (AvgIpc) is 2.35. The van der Waals surface area contributed by atoms with Gasteiger partial charge in [0, 0.05) is 11.1 Å². The maximum atomic E-state index is 11.5. The number of nitrogens with zero attached hydrogens (tertiary/aromatic N) is 1. The number of carbonyl (C=O) groups is 3. The Kier molecular flexibility index (Phi) is 2.74. The van der Waals surface area contributed by atoms with Crippen LogP contribution in [0.1, 0.15) is 13.8 Å². The molecule has 0 fully saturated rings. The number of ketones is 1. The second-order valence-electron chi connectivity index (χ2n) is 3.39. The van der Waals surface area contributed by atoms with E-state index in [2.05, 4.69) is 6.58 Å². The third kappa shape index (κ3) is 1.81. The standard InChI is InChI=1S/C10H12N2O3/c1-5-6(2)10(15)12(9(5)14)4-8(13)7(3)11/h3-4,11H2,1-2H3. The molecule has 0 spiro atoms. The zero-order valence-corrected chi connectivity index (χ0v) is 8.66. The van der Waals surface area contributed by atoms with Crippen LogP contribution in [-0.4, -0.2) is 29.0 Å². The Morgan fingerprint density at radius 1 is 1.27 bits per heavy atom. The van der Waals surface area contributed by atoms with Crippen molar-refractivity contribution in [1.29, 1.82) is 0 Å². The Labute approximate surface area is 87.2 Å². The SMILES string of the molecule is C=C(N)C(=O)CN1C(=O)C(C)=C(C)C1=O. The molecule has 0 saturated heterocycles. The first-order valence-electron chi connectivity index (χ1n) is 4.37. The van der Waals surface area contributed by atoms with Gasteiger partial charge in [-0.3, -0.25) is 19.3 Å². The molecule has 0 unspecified atom stereocenters. The van der Waals surface area contributed by atoms with E-state index < -0.39 is 17.6 Å². The van der Waals surface area contributed by atoms with Gasteiger partial charge >= 0.3 is 0 Å². The lowest BCUT2D eigenvalue weighted by Crippen LogP contribution is -2.37. The second kappa shape index (κ2) is 3.68. The van der Waals surface area contributed by atoms with Crippen molar-refractivity contribution < 1.29 is 14.4 Å². The molecule has 1 heterocycles. The Bertz CT molecular complexity index is 383. The number of nitrogens with two attached hydrogens (primary N) is 1. The van der Waals surface area contributed by atoms with E-state index in [1.807, 2.05) is 0 Å². The summed E-state index contributed by atoms with van der Waals surface area (Å²) in [6.45, 7) is 6.02. The number of hydrogen-bond acceptors (Lipinski definition) is 4. The molecule has 1 rings (SSSR count). The van der Waals surface area contributed by atoms with Gasteiger partial charge in [-0.15, -0.1) is 0 Å². The molecule has 5 heteroatoms. The molecule has 80 valence electrons. The van der Waals surface area contributed by atoms with E-state index in [0.717, 1.165) is 4.90 Å². The molecule has 2 amide bonds. The van der Waals surface area contributed by atoms with Gasteiger partial charge in [-0.2, -0.15) is 0 Å². The number of imide groups is 1. The molecule has 0 saturated carbocycles. The van der Waals surface area contributed by atoms with Gasteiger partial charge in [0.2, 0.25) is 0 Å². The van der Waals surface area contributed by atoms with E-state index in [1.165, 1.54) is 0 Å². The first-order chi connectivity index (χ1) is 6.86. The van der Waals surface area contributed by atoms with E-state index in [4.69, 9.17) is 5.73 Å². The van der Waals surface area contributed by atoms with E-state index in [1.54, 1.807) is 13.8 Å². The summed E-state index contributed by atoms with van der Waals surface area (Å²) in [7, 11) is 0. The third-order valence-corrected chi connectivity index (χ3v) is 2.35. The predicted molar refractivity (Wildman–Crippen MR) is 53.4 cm³/mol. The van der Waals surface area contributed by atoms with Gasteiger partial charge in [0.1, 0.15) is 0 Å². The average molecular weight is 208 g/mol. The maximum Gasteiger partial charge on any atom is 0.257 e. The minimum Gasteiger partial charge on any atom is -0.396 e. The third-order valence-electron chi connectivity index (χ3n) is 2.35. The zero-order valence-electron chi connectivity index (χ0n) is 8.66. The number of rotatable bonds is 3. The minimum atomic E-state index is -0.515. The van der Waals surface area contributed by atoms with Crippen molar-refractivity contribution in [1.82, 2.24) is 4.90 Å². The molecule has 0 aromatic rings. The van der Waals surface area contributed by atoms with Gasteiger partial charge in [0.05, 0.1) is 12.2 Å². The molecule has 15 heavy (non-hydrogen) atoms. The second-order valence-corrected chi connectivity index (χ2v) is 3.39. The molecule has 5 nitrogen and oxygen atoms in total. The van der Waals surface area contributed by atoms with Crippen LogP contribution in [0.3, 0.4) is 0 Å². The van der Waals surface area contributed by atoms with Gasteiger partial charge in [0.25, 0.3) is 11.8 Å². The molecular weight excluding hydrogens is 196 g/mol. The summed E-state index contributed by atoms with van der Waals surface area (Å²) in [6.07, 6.45) is 0. The lowest BCUT2D eigenvalue weighted by molar-refractivity contribution is -0.140. The van der Waals surface area contributed by atoms with Crippen LogP contribution >= 0.6 is 0 Å². The summed E-state index contributed by atoms with van der Waals surface area (Å²) < 4.78 is 0. The zero-order chi connectivity index (χ0) is 11.7. The van der Waals surface area contributed by atoms with Gasteiger partial charge in [0.15, 0.2) is 5.78 Å². The minimum absolute atomic E-state index is 0.155. The highest BCUT2D eigenvalue weighted by molar-refractivity contribution is 6.20.